The van der Waals surface area contributed by atoms with Crippen LogP contribution in [0.1, 0.15) is 16.1 Å². The van der Waals surface area contributed by atoms with E-state index in [-0.39, 0.29) is 17.3 Å². The molecule has 0 aliphatic heterocycles. The maximum atomic E-state index is 10.5. The van der Waals surface area contributed by atoms with Crippen LogP contribution in [0.2, 0.25) is 0 Å². The summed E-state index contributed by atoms with van der Waals surface area (Å²) in [7, 11) is 0. The molecule has 0 amide bonds. The van der Waals surface area contributed by atoms with Gasteiger partial charge in [-0.25, -0.2) is 4.98 Å². The molecule has 6 heteroatoms. The highest BCUT2D eigenvalue weighted by Crippen LogP contribution is 2.21. The fourth-order valence-electron chi connectivity index (χ4n) is 0.917. The Hall–Kier alpha value is -1.49. The average molecular weight is 201 g/mol. The number of carbonyl (C=O) groups excluding carboxylic acids is 1. The van der Waals surface area contributed by atoms with Gasteiger partial charge < -0.3 is 0 Å². The molecule has 0 unspecified atom stereocenters. The predicted molar refractivity (Wildman–Crippen MR) is 45.8 cm³/mol. The van der Waals surface area contributed by atoms with E-state index in [9.17, 15) is 14.9 Å². The number of alkyl halides is 1. The Balaban J connectivity index is 3.38. The molecule has 5 nitrogen and oxygen atoms in total. The van der Waals surface area contributed by atoms with Crippen molar-refractivity contribution in [3.8, 4) is 0 Å². The Bertz CT molecular complexity index is 354. The second-order valence-corrected chi connectivity index (χ2v) is 2.48. The molecule has 0 fully saturated rings. The molecule has 0 saturated heterocycles. The van der Waals surface area contributed by atoms with Gasteiger partial charge >= 0.3 is 5.69 Å². The van der Waals surface area contributed by atoms with E-state index in [1.165, 1.54) is 12.3 Å². The molecule has 1 aromatic heterocycles. The van der Waals surface area contributed by atoms with Gasteiger partial charge in [-0.15, -0.1) is 11.6 Å². The molecule has 1 rings (SSSR count). The minimum absolute atomic E-state index is 0.0142. The Morgan fingerprint density at radius 1 is 1.69 bits per heavy atom. The van der Waals surface area contributed by atoms with Gasteiger partial charge in [0, 0.05) is 11.8 Å². The molecule has 13 heavy (non-hydrogen) atoms. The standard InChI is InChI=1S/C7H5ClN2O3/c8-3-5-1-2-9-6(4-11)7(5)10(12)13/h1-2,4H,3H2. The Kier molecular flexibility index (Phi) is 2.92. The third-order valence-electron chi connectivity index (χ3n) is 1.47. The van der Waals surface area contributed by atoms with Crippen molar-refractivity contribution in [2.75, 3.05) is 0 Å². The number of hydrogen-bond acceptors (Lipinski definition) is 4. The number of aldehydes is 1. The Morgan fingerprint density at radius 3 is 2.85 bits per heavy atom. The van der Waals surface area contributed by atoms with Crippen molar-refractivity contribution >= 4 is 23.6 Å². The Labute approximate surface area is 78.5 Å². The molecule has 0 saturated carbocycles. The average Bonchev–Trinajstić information content (AvgIpc) is 2.16. The molecule has 0 aliphatic rings. The van der Waals surface area contributed by atoms with Crippen molar-refractivity contribution in [1.29, 1.82) is 0 Å². The maximum absolute atomic E-state index is 10.5. The lowest BCUT2D eigenvalue weighted by atomic mass is 10.2. The van der Waals surface area contributed by atoms with Crippen LogP contribution in [0, 0.1) is 10.1 Å². The first-order valence-corrected chi connectivity index (χ1v) is 3.87. The van der Waals surface area contributed by atoms with Crippen LogP contribution in [0.25, 0.3) is 0 Å². The molecule has 0 spiro atoms. The zero-order valence-corrected chi connectivity index (χ0v) is 7.19. The fourth-order valence-corrected chi connectivity index (χ4v) is 1.13. The van der Waals surface area contributed by atoms with Gasteiger partial charge in [0.05, 0.1) is 10.8 Å². The molecular formula is C7H5ClN2O3. The first kappa shape index (κ1) is 9.60. The summed E-state index contributed by atoms with van der Waals surface area (Å²) in [5.41, 5.74) is -0.209. The lowest BCUT2D eigenvalue weighted by Crippen LogP contribution is -2.00. The van der Waals surface area contributed by atoms with Gasteiger partial charge in [0.25, 0.3) is 0 Å². The first-order chi connectivity index (χ1) is 6.20. The van der Waals surface area contributed by atoms with Crippen LogP contribution >= 0.6 is 11.6 Å². The summed E-state index contributed by atoms with van der Waals surface area (Å²) in [4.78, 5) is 23.8. The molecule has 1 heterocycles. The van der Waals surface area contributed by atoms with Gasteiger partial charge in [-0.2, -0.15) is 0 Å². The van der Waals surface area contributed by atoms with Gasteiger partial charge in [0.15, 0.2) is 12.0 Å². The van der Waals surface area contributed by atoms with Crippen molar-refractivity contribution in [3.05, 3.63) is 33.6 Å². The molecule has 0 atom stereocenters. The second kappa shape index (κ2) is 3.95. The number of nitro groups is 1. The summed E-state index contributed by atoms with van der Waals surface area (Å²) in [6, 6.07) is 1.41. The number of aromatic nitrogens is 1. The second-order valence-electron chi connectivity index (χ2n) is 2.21. The van der Waals surface area contributed by atoms with Gasteiger partial charge in [-0.05, 0) is 6.07 Å². The molecule has 1 aromatic rings. The van der Waals surface area contributed by atoms with Crippen LogP contribution in [-0.4, -0.2) is 16.2 Å². The molecular weight excluding hydrogens is 196 g/mol. The zero-order chi connectivity index (χ0) is 9.84. The highest BCUT2D eigenvalue weighted by atomic mass is 35.5. The third kappa shape index (κ3) is 1.81. The van der Waals surface area contributed by atoms with E-state index >= 15 is 0 Å². The largest absolute Gasteiger partial charge is 0.302 e. The van der Waals surface area contributed by atoms with Gasteiger partial charge in [-0.1, -0.05) is 0 Å². The van der Waals surface area contributed by atoms with E-state index in [4.69, 9.17) is 11.6 Å². The minimum Gasteiger partial charge on any atom is -0.296 e. The molecule has 0 aliphatic carbocycles. The molecule has 68 valence electrons. The van der Waals surface area contributed by atoms with E-state index < -0.39 is 4.92 Å². The quantitative estimate of drug-likeness (QED) is 0.321. The fraction of sp³-hybridized carbons (Fsp3) is 0.143. The summed E-state index contributed by atoms with van der Waals surface area (Å²) in [5, 5.41) is 10.5. The normalized spacial score (nSPS) is 9.62. The van der Waals surface area contributed by atoms with E-state index in [1.54, 1.807) is 0 Å². The highest BCUT2D eigenvalue weighted by Gasteiger charge is 2.19. The van der Waals surface area contributed by atoms with E-state index in [0.29, 0.717) is 11.8 Å². The number of carbonyl (C=O) groups is 1. The minimum atomic E-state index is -0.658. The van der Waals surface area contributed by atoms with Crippen LogP contribution in [0.15, 0.2) is 12.3 Å². The lowest BCUT2D eigenvalue weighted by Gasteiger charge is -1.98. The lowest BCUT2D eigenvalue weighted by molar-refractivity contribution is -0.386. The van der Waals surface area contributed by atoms with Crippen molar-refractivity contribution in [1.82, 2.24) is 4.98 Å². The first-order valence-electron chi connectivity index (χ1n) is 3.34. The number of halogens is 1. The van der Waals surface area contributed by atoms with Crippen LogP contribution in [0.3, 0.4) is 0 Å². The summed E-state index contributed by atoms with van der Waals surface area (Å²) in [6.07, 6.45) is 1.66. The summed E-state index contributed by atoms with van der Waals surface area (Å²) >= 11 is 5.46. The number of rotatable bonds is 3. The zero-order valence-electron chi connectivity index (χ0n) is 6.44. The smallest absolute Gasteiger partial charge is 0.296 e. The van der Waals surface area contributed by atoms with Crippen molar-refractivity contribution in [3.63, 3.8) is 0 Å². The summed E-state index contributed by atoms with van der Waals surface area (Å²) < 4.78 is 0. The van der Waals surface area contributed by atoms with Crippen LogP contribution < -0.4 is 0 Å². The molecule has 0 radical (unpaired) electrons. The van der Waals surface area contributed by atoms with Crippen molar-refractivity contribution in [2.24, 2.45) is 0 Å². The predicted octanol–water partition coefficient (Wildman–Crippen LogP) is 1.54. The number of pyridine rings is 1. The van der Waals surface area contributed by atoms with Gasteiger partial charge in [-0.3, -0.25) is 14.9 Å². The topological polar surface area (TPSA) is 73.1 Å². The van der Waals surface area contributed by atoms with Gasteiger partial charge in [0.2, 0.25) is 0 Å². The van der Waals surface area contributed by atoms with E-state index in [2.05, 4.69) is 4.98 Å². The van der Waals surface area contributed by atoms with Crippen molar-refractivity contribution < 1.29 is 9.72 Å². The number of nitrogens with zero attached hydrogens (tertiary/aromatic N) is 2. The molecule has 0 aromatic carbocycles. The van der Waals surface area contributed by atoms with Crippen LogP contribution in [-0.2, 0) is 5.88 Å². The van der Waals surface area contributed by atoms with Gasteiger partial charge in [0.1, 0.15) is 0 Å². The monoisotopic (exact) mass is 200 g/mol. The summed E-state index contributed by atoms with van der Waals surface area (Å²) in [6.45, 7) is 0. The SMILES string of the molecule is O=Cc1nccc(CCl)c1[N+](=O)[O-]. The molecule has 0 N–H and O–H groups in total. The van der Waals surface area contributed by atoms with Crippen LogP contribution in [0.5, 0.6) is 0 Å². The maximum Gasteiger partial charge on any atom is 0.302 e. The van der Waals surface area contributed by atoms with Crippen molar-refractivity contribution in [2.45, 2.75) is 5.88 Å². The summed E-state index contributed by atoms with van der Waals surface area (Å²) in [5.74, 6) is -0.0142. The van der Waals surface area contributed by atoms with E-state index in [0.717, 1.165) is 0 Å². The van der Waals surface area contributed by atoms with E-state index in [1.807, 2.05) is 0 Å². The number of hydrogen-bond donors (Lipinski definition) is 0. The highest BCUT2D eigenvalue weighted by molar-refractivity contribution is 6.17. The third-order valence-corrected chi connectivity index (χ3v) is 1.76. The molecule has 0 bridgehead atoms. The van der Waals surface area contributed by atoms with Crippen LogP contribution in [0.4, 0.5) is 5.69 Å². The Morgan fingerprint density at radius 2 is 2.38 bits per heavy atom.